The minimum absolute atomic E-state index is 0.0290. The molecule has 0 saturated carbocycles. The Labute approximate surface area is 181 Å². The first-order chi connectivity index (χ1) is 15.0. The Morgan fingerprint density at radius 1 is 1.34 bits per heavy atom. The summed E-state index contributed by atoms with van der Waals surface area (Å²) in [5.74, 6) is -0.842. The van der Waals surface area contributed by atoms with Crippen LogP contribution in [0.3, 0.4) is 0 Å². The Kier molecular flexibility index (Phi) is 5.05. The largest absolute Gasteiger partial charge is 0.424 e. The molecule has 32 heavy (non-hydrogen) atoms. The van der Waals surface area contributed by atoms with Crippen molar-refractivity contribution >= 4 is 5.91 Å². The Balaban J connectivity index is 1.65. The topological polar surface area (TPSA) is 100.0 Å². The van der Waals surface area contributed by atoms with E-state index in [-0.39, 0.29) is 19.0 Å². The Morgan fingerprint density at radius 2 is 2.09 bits per heavy atom. The fourth-order valence-corrected chi connectivity index (χ4v) is 3.85. The van der Waals surface area contributed by atoms with Crippen LogP contribution in [0, 0.1) is 11.3 Å². The summed E-state index contributed by atoms with van der Waals surface area (Å²) in [6.45, 7) is 2.48. The number of amides is 1. The van der Waals surface area contributed by atoms with E-state index >= 15 is 0 Å². The van der Waals surface area contributed by atoms with Gasteiger partial charge < -0.3 is 14.6 Å². The molecule has 0 radical (unpaired) electrons. The van der Waals surface area contributed by atoms with Gasteiger partial charge in [0.2, 0.25) is 5.60 Å². The molecule has 11 heteroatoms. The number of carbonyl (C=O) groups excluding carboxylic acids is 1. The molecule has 4 rings (SSSR count). The van der Waals surface area contributed by atoms with E-state index in [2.05, 4.69) is 16.2 Å². The van der Waals surface area contributed by atoms with Crippen LogP contribution in [-0.4, -0.2) is 48.0 Å². The van der Waals surface area contributed by atoms with Gasteiger partial charge in [0.1, 0.15) is 6.07 Å². The highest BCUT2D eigenvalue weighted by Gasteiger charge is 2.55. The maximum Gasteiger partial charge on any atom is 0.424 e. The standard InChI is InChI=1S/C21H19F3N6O2/c1-13-11-28(12-16-10-26-19(30(13)16)20(2,32)21(22,23)24)18(31)14-4-5-15(9-25)17(8-14)29-7-3-6-27-29/h3-8,10,13,32H,11-12H2,1-2H3/t13-,20+/m0/s1. The number of imidazole rings is 1. The van der Waals surface area contributed by atoms with E-state index in [1.165, 1.54) is 32.5 Å². The van der Waals surface area contributed by atoms with Crippen molar-refractivity contribution in [2.75, 3.05) is 6.54 Å². The molecule has 1 aromatic carbocycles. The lowest BCUT2D eigenvalue weighted by Gasteiger charge is -2.36. The van der Waals surface area contributed by atoms with E-state index in [4.69, 9.17) is 0 Å². The van der Waals surface area contributed by atoms with E-state index in [1.807, 2.05) is 0 Å². The predicted molar refractivity (Wildman–Crippen MR) is 106 cm³/mol. The van der Waals surface area contributed by atoms with Crippen molar-refractivity contribution < 1.29 is 23.1 Å². The number of rotatable bonds is 3. The SMILES string of the molecule is C[C@H]1CN(C(=O)c2ccc(C#N)c(-n3cccn3)c2)Cc2cnc([C@@](C)(O)C(F)(F)F)n21. The van der Waals surface area contributed by atoms with E-state index in [9.17, 15) is 28.3 Å². The van der Waals surface area contributed by atoms with Gasteiger partial charge in [-0.25, -0.2) is 9.67 Å². The average molecular weight is 444 g/mol. The van der Waals surface area contributed by atoms with Crippen molar-refractivity contribution in [1.82, 2.24) is 24.2 Å². The van der Waals surface area contributed by atoms with Gasteiger partial charge >= 0.3 is 6.18 Å². The monoisotopic (exact) mass is 444 g/mol. The van der Waals surface area contributed by atoms with Crippen LogP contribution in [0.2, 0.25) is 0 Å². The number of benzene rings is 1. The van der Waals surface area contributed by atoms with Gasteiger partial charge in [0.15, 0.2) is 5.82 Å². The molecule has 166 valence electrons. The van der Waals surface area contributed by atoms with Crippen LogP contribution in [-0.2, 0) is 12.1 Å². The van der Waals surface area contributed by atoms with Crippen LogP contribution in [0.25, 0.3) is 5.69 Å². The molecule has 2 atom stereocenters. The number of hydrogen-bond acceptors (Lipinski definition) is 5. The summed E-state index contributed by atoms with van der Waals surface area (Å²) in [4.78, 5) is 18.5. The van der Waals surface area contributed by atoms with Gasteiger partial charge in [-0.15, -0.1) is 0 Å². The van der Waals surface area contributed by atoms with Crippen molar-refractivity contribution in [3.8, 4) is 11.8 Å². The number of aliphatic hydroxyl groups is 1. The molecular weight excluding hydrogens is 425 g/mol. The molecule has 0 spiro atoms. The number of halogens is 3. The Morgan fingerprint density at radius 3 is 2.72 bits per heavy atom. The van der Waals surface area contributed by atoms with Crippen LogP contribution in [0.1, 0.15) is 47.3 Å². The molecule has 0 bridgehead atoms. The van der Waals surface area contributed by atoms with Gasteiger partial charge in [-0.05, 0) is 38.1 Å². The first kappa shape index (κ1) is 21.6. The molecule has 1 amide bonds. The van der Waals surface area contributed by atoms with Crippen LogP contribution >= 0.6 is 0 Å². The fourth-order valence-electron chi connectivity index (χ4n) is 3.85. The maximum atomic E-state index is 13.3. The molecular formula is C21H19F3N6O2. The number of hydrogen-bond donors (Lipinski definition) is 1. The second-order valence-corrected chi connectivity index (χ2v) is 7.84. The highest BCUT2D eigenvalue weighted by Crippen LogP contribution is 2.40. The Hall–Kier alpha value is -3.65. The lowest BCUT2D eigenvalue weighted by Crippen LogP contribution is -2.45. The summed E-state index contributed by atoms with van der Waals surface area (Å²) < 4.78 is 42.8. The number of fused-ring (bicyclic) bond motifs is 1. The Bertz CT molecular complexity index is 1210. The van der Waals surface area contributed by atoms with E-state index in [1.54, 1.807) is 31.5 Å². The zero-order valence-corrected chi connectivity index (χ0v) is 17.2. The van der Waals surface area contributed by atoms with Crippen molar-refractivity contribution in [3.63, 3.8) is 0 Å². The van der Waals surface area contributed by atoms with Crippen LogP contribution in [0.4, 0.5) is 13.2 Å². The summed E-state index contributed by atoms with van der Waals surface area (Å²) in [6.07, 6.45) is -0.441. The molecule has 0 aliphatic carbocycles. The first-order valence-corrected chi connectivity index (χ1v) is 9.73. The summed E-state index contributed by atoms with van der Waals surface area (Å²) in [7, 11) is 0. The summed E-state index contributed by atoms with van der Waals surface area (Å²) in [5, 5.41) is 23.6. The van der Waals surface area contributed by atoms with Gasteiger partial charge in [0, 0.05) is 24.5 Å². The van der Waals surface area contributed by atoms with Crippen molar-refractivity contribution in [1.29, 1.82) is 5.26 Å². The molecule has 3 aromatic rings. The second kappa shape index (κ2) is 7.49. The van der Waals surface area contributed by atoms with E-state index in [0.717, 1.165) is 0 Å². The minimum atomic E-state index is -4.90. The van der Waals surface area contributed by atoms with Crippen molar-refractivity contribution in [3.05, 3.63) is 65.5 Å². The van der Waals surface area contributed by atoms with Crippen molar-refractivity contribution in [2.45, 2.75) is 38.2 Å². The zero-order chi connectivity index (χ0) is 23.3. The van der Waals surface area contributed by atoms with Gasteiger partial charge in [-0.2, -0.15) is 23.5 Å². The van der Waals surface area contributed by atoms with Crippen LogP contribution < -0.4 is 0 Å². The van der Waals surface area contributed by atoms with E-state index < -0.39 is 23.6 Å². The molecule has 0 fully saturated rings. The lowest BCUT2D eigenvalue weighted by atomic mass is 10.0. The molecule has 1 N–H and O–H groups in total. The number of alkyl halides is 3. The van der Waals surface area contributed by atoms with E-state index in [0.29, 0.717) is 29.4 Å². The summed E-state index contributed by atoms with van der Waals surface area (Å²) in [5.41, 5.74) is -1.62. The summed E-state index contributed by atoms with van der Waals surface area (Å²) in [6, 6.07) is 7.83. The van der Waals surface area contributed by atoms with Crippen LogP contribution in [0.5, 0.6) is 0 Å². The third-order valence-corrected chi connectivity index (χ3v) is 5.54. The predicted octanol–water partition coefficient (Wildman–Crippen LogP) is 2.93. The second-order valence-electron chi connectivity index (χ2n) is 7.84. The molecule has 2 aromatic heterocycles. The van der Waals surface area contributed by atoms with Crippen LogP contribution in [0.15, 0.2) is 42.9 Å². The molecule has 0 saturated heterocycles. The minimum Gasteiger partial charge on any atom is -0.374 e. The zero-order valence-electron chi connectivity index (χ0n) is 17.2. The smallest absolute Gasteiger partial charge is 0.374 e. The summed E-state index contributed by atoms with van der Waals surface area (Å²) >= 11 is 0. The lowest BCUT2D eigenvalue weighted by molar-refractivity contribution is -0.263. The fraction of sp³-hybridized carbons (Fsp3) is 0.333. The third kappa shape index (κ3) is 3.42. The van der Waals surface area contributed by atoms with Gasteiger partial charge in [0.25, 0.3) is 5.91 Å². The van der Waals surface area contributed by atoms with Gasteiger partial charge in [0.05, 0.1) is 35.7 Å². The number of nitrogens with zero attached hydrogens (tertiary/aromatic N) is 6. The molecule has 1 aliphatic heterocycles. The average Bonchev–Trinajstić information content (AvgIpc) is 3.42. The molecule has 8 nitrogen and oxygen atoms in total. The normalized spacial score (nSPS) is 18.0. The number of aromatic nitrogens is 4. The van der Waals surface area contributed by atoms with Gasteiger partial charge in [-0.1, -0.05) is 0 Å². The highest BCUT2D eigenvalue weighted by atomic mass is 19.4. The third-order valence-electron chi connectivity index (χ3n) is 5.54. The first-order valence-electron chi connectivity index (χ1n) is 9.73. The highest BCUT2D eigenvalue weighted by molar-refractivity contribution is 5.95. The number of nitriles is 1. The molecule has 1 aliphatic rings. The van der Waals surface area contributed by atoms with Crippen molar-refractivity contribution in [2.24, 2.45) is 0 Å². The van der Waals surface area contributed by atoms with Gasteiger partial charge in [-0.3, -0.25) is 4.79 Å². The number of carbonyl (C=O) groups is 1. The maximum absolute atomic E-state index is 13.3. The molecule has 0 unspecified atom stereocenters. The quantitative estimate of drug-likeness (QED) is 0.670. The molecule has 3 heterocycles.